The van der Waals surface area contributed by atoms with Crippen molar-refractivity contribution >= 4 is 16.9 Å². The van der Waals surface area contributed by atoms with E-state index in [1.54, 1.807) is 40.2 Å². The number of phenolic OH excluding ortho intramolecular Hbond substituents is 3. The summed E-state index contributed by atoms with van der Waals surface area (Å²) in [7, 11) is 3.23. The second kappa shape index (κ2) is 26.1. The number of phenols is 3. The summed E-state index contributed by atoms with van der Waals surface area (Å²) in [6, 6.07) is 7.64. The average Bonchev–Trinajstić information content (AvgIpc) is 1.79. The largest absolute Gasteiger partial charge is 0.508 e. The predicted octanol–water partition coefficient (Wildman–Crippen LogP) is 8.19. The van der Waals surface area contributed by atoms with Crippen molar-refractivity contribution in [2.24, 2.45) is 23.7 Å². The first-order chi connectivity index (χ1) is 40.6. The highest BCUT2D eigenvalue weighted by atomic mass is 16.7. The molecular formula is C65H84O20. The molecule has 2 bridgehead atoms. The van der Waals surface area contributed by atoms with Crippen LogP contribution in [-0.4, -0.2) is 160 Å². The number of carbonyl (C=O) groups is 1. The van der Waals surface area contributed by atoms with Gasteiger partial charge >= 0.3 is 5.97 Å². The number of methoxy groups -OCH3 is 2. The lowest BCUT2D eigenvalue weighted by Gasteiger charge is -2.49. The molecule has 5 fully saturated rings. The number of aliphatic hydroxyl groups is 3. The Bertz CT molecular complexity index is 3090. The van der Waals surface area contributed by atoms with Crippen LogP contribution in [0.4, 0.5) is 0 Å². The molecule has 2 aromatic carbocycles. The number of hydrogen-bond acceptors (Lipinski definition) is 20. The van der Waals surface area contributed by atoms with Crippen molar-refractivity contribution in [3.63, 3.8) is 0 Å². The van der Waals surface area contributed by atoms with Crippen LogP contribution in [0.5, 0.6) is 23.0 Å². The summed E-state index contributed by atoms with van der Waals surface area (Å²) < 4.78 is 69.6. The molecule has 0 radical (unpaired) electrons. The maximum atomic E-state index is 14.4. The van der Waals surface area contributed by atoms with Gasteiger partial charge in [-0.2, -0.15) is 0 Å². The minimum atomic E-state index is -1.83. The van der Waals surface area contributed by atoms with Gasteiger partial charge in [-0.05, 0) is 106 Å². The zero-order valence-electron chi connectivity index (χ0n) is 49.6. The fraction of sp³-hybridized carbons (Fsp3) is 0.600. The molecule has 464 valence electrons. The van der Waals surface area contributed by atoms with Crippen molar-refractivity contribution in [2.75, 3.05) is 20.8 Å². The quantitative estimate of drug-likeness (QED) is 0.0636. The monoisotopic (exact) mass is 1180 g/mol. The number of benzene rings is 2. The minimum Gasteiger partial charge on any atom is -0.508 e. The van der Waals surface area contributed by atoms with Crippen molar-refractivity contribution in [3.8, 4) is 34.3 Å². The number of fused-ring (bicyclic) bond motifs is 3. The van der Waals surface area contributed by atoms with E-state index >= 15 is 0 Å². The second-order valence-corrected chi connectivity index (χ2v) is 24.5. The van der Waals surface area contributed by atoms with Gasteiger partial charge in [-0.15, -0.1) is 0 Å². The van der Waals surface area contributed by atoms with Crippen molar-refractivity contribution in [1.82, 2.24) is 0 Å². The zero-order chi connectivity index (χ0) is 60.6. The molecule has 11 rings (SSSR count). The topological polar surface area (TPSA) is 281 Å². The van der Waals surface area contributed by atoms with E-state index in [1.165, 1.54) is 49.6 Å². The van der Waals surface area contributed by atoms with E-state index in [4.69, 9.17) is 51.8 Å². The molecule has 0 amide bonds. The number of allylic oxidation sites excluding steroid dienone is 2. The van der Waals surface area contributed by atoms with Crippen LogP contribution in [0.1, 0.15) is 106 Å². The number of aliphatic hydroxyl groups excluding tert-OH is 2. The van der Waals surface area contributed by atoms with Crippen LogP contribution < -0.4 is 5.43 Å². The van der Waals surface area contributed by atoms with Gasteiger partial charge in [0.15, 0.2) is 35.6 Å². The standard InChI is InChI=1S/C50H74O14.C15H10O6/c1-27-13-12-16-34-26-57-47-42(51)30(4)21-37(50(34,47)54)48(53)60-36-22-35(63-49(25-36)20-19-29(3)45(64-49)33-14-10-9-11-15-33)18-17-28(2)44(27)61-41-24-39(56-8)46(32(6)59-41)62-40-23-38(55-7)43(52)31(5)58-40;16-8-2-3-9-12(6-8)21-15(14(20)13(9)19)7-1-4-10(17)11(18)5-7/h12-13,16-17,19-21,27,29,31-33,35-47,51-52,54H,9-11,14-15,18,22-26H2,1-8H3;1-6,16-18,20H/b13-12+,28-17+,34-16+;/t27-,29-,31-,32-,35+,36-,37-,38-,39-,40-,41-,42+,43-,44-,45-,46-,47+,49+,50+;/m0./s1. The molecular weight excluding hydrogens is 1100 g/mol. The van der Waals surface area contributed by atoms with Crippen LogP contribution in [0.3, 0.4) is 0 Å². The summed E-state index contributed by atoms with van der Waals surface area (Å²) in [6.45, 7) is 11.9. The van der Waals surface area contributed by atoms with Crippen LogP contribution in [0.2, 0.25) is 0 Å². The summed E-state index contributed by atoms with van der Waals surface area (Å²) in [5.74, 6) is -3.93. The fourth-order valence-electron chi connectivity index (χ4n) is 13.7. The number of hydrogen-bond donors (Lipinski definition) is 7. The molecule has 7 heterocycles. The Morgan fingerprint density at radius 2 is 1.48 bits per heavy atom. The predicted molar refractivity (Wildman–Crippen MR) is 309 cm³/mol. The Morgan fingerprint density at radius 1 is 0.753 bits per heavy atom. The molecule has 20 heteroatoms. The van der Waals surface area contributed by atoms with E-state index in [0.29, 0.717) is 49.2 Å². The van der Waals surface area contributed by atoms with Crippen molar-refractivity contribution in [1.29, 1.82) is 0 Å². The third kappa shape index (κ3) is 13.1. The van der Waals surface area contributed by atoms with E-state index in [1.807, 2.05) is 25.2 Å². The second-order valence-electron chi connectivity index (χ2n) is 24.5. The van der Waals surface area contributed by atoms with Gasteiger partial charge in [0.1, 0.15) is 53.4 Å². The Morgan fingerprint density at radius 3 is 2.22 bits per heavy atom. The van der Waals surface area contributed by atoms with Crippen LogP contribution in [0.25, 0.3) is 22.3 Å². The van der Waals surface area contributed by atoms with Gasteiger partial charge in [0.25, 0.3) is 0 Å². The molecule has 4 saturated heterocycles. The molecule has 6 aliphatic heterocycles. The van der Waals surface area contributed by atoms with E-state index in [0.717, 1.165) is 24.5 Å². The van der Waals surface area contributed by atoms with Gasteiger partial charge in [0, 0.05) is 63.4 Å². The first kappa shape index (κ1) is 62.6. The SMILES string of the molecule is CO[C@H]1C[C@H](O[C@H]2[C@H](C)O[C@@H](O[C@@H]3/C(C)=C/C[C@@H]4C[C@@H](C[C@]5(C=C[C@H](C)[C@@H](C6CCCCC6)O5)O4)OC(=O)[C@@H]4C=C(C)[C@@H](O)[C@H]5OC/C(=C\C=C\[C@@H]3C)[C@]54O)C[C@@H]2OC)O[C@@H](C)[C@@H]1O.O=c1c(O)c(-c2ccc(O)c(O)c2)oc2cc(O)ccc12. The number of aromatic hydroxyl groups is 4. The number of esters is 1. The van der Waals surface area contributed by atoms with Crippen LogP contribution in [-0.2, 0) is 52.2 Å². The molecule has 2 aliphatic carbocycles. The summed E-state index contributed by atoms with van der Waals surface area (Å²) in [5, 5.41) is 72.6. The van der Waals surface area contributed by atoms with E-state index < -0.39 is 108 Å². The van der Waals surface area contributed by atoms with Gasteiger partial charge in [0.2, 0.25) is 11.2 Å². The van der Waals surface area contributed by atoms with E-state index in [-0.39, 0.29) is 70.5 Å². The van der Waals surface area contributed by atoms with E-state index in [9.17, 15) is 45.3 Å². The third-order valence-electron chi connectivity index (χ3n) is 18.5. The molecule has 1 spiro atoms. The van der Waals surface area contributed by atoms with Crippen molar-refractivity contribution < 1.29 is 92.3 Å². The molecule has 8 aliphatic rings. The first-order valence-corrected chi connectivity index (χ1v) is 30.0. The highest BCUT2D eigenvalue weighted by molar-refractivity contribution is 5.83. The molecule has 7 N–H and O–H groups in total. The zero-order valence-corrected chi connectivity index (χ0v) is 49.6. The normalized spacial score (nSPS) is 39.7. The summed E-state index contributed by atoms with van der Waals surface area (Å²) in [4.78, 5) is 26.5. The first-order valence-electron chi connectivity index (χ1n) is 30.0. The lowest BCUT2D eigenvalue weighted by atomic mass is 9.71. The highest BCUT2D eigenvalue weighted by Gasteiger charge is 2.60. The number of rotatable bonds is 8. The molecule has 1 aromatic heterocycles. The summed E-state index contributed by atoms with van der Waals surface area (Å²) in [5.41, 5.74) is -0.177. The van der Waals surface area contributed by atoms with Gasteiger partial charge < -0.3 is 87.5 Å². The summed E-state index contributed by atoms with van der Waals surface area (Å²) in [6.07, 6.45) is 13.8. The molecule has 3 aromatic rings. The van der Waals surface area contributed by atoms with Crippen LogP contribution in [0.15, 0.2) is 105 Å². The third-order valence-corrected chi connectivity index (χ3v) is 18.5. The maximum absolute atomic E-state index is 14.4. The molecule has 20 nitrogen and oxygen atoms in total. The molecule has 19 atom stereocenters. The Hall–Kier alpha value is -5.46. The van der Waals surface area contributed by atoms with Gasteiger partial charge in [0.05, 0.1) is 54.7 Å². The highest BCUT2D eigenvalue weighted by Crippen LogP contribution is 2.48. The lowest BCUT2D eigenvalue weighted by Crippen LogP contribution is -2.58. The smallest absolute Gasteiger partial charge is 0.316 e. The Labute approximate surface area is 495 Å². The van der Waals surface area contributed by atoms with Crippen LogP contribution >= 0.6 is 0 Å². The van der Waals surface area contributed by atoms with Crippen molar-refractivity contribution in [2.45, 2.75) is 203 Å². The maximum Gasteiger partial charge on any atom is 0.316 e. The summed E-state index contributed by atoms with van der Waals surface area (Å²) >= 11 is 0. The van der Waals surface area contributed by atoms with Gasteiger partial charge in [-0.1, -0.05) is 69.6 Å². The molecule has 85 heavy (non-hydrogen) atoms. The van der Waals surface area contributed by atoms with Gasteiger partial charge in [-0.3, -0.25) is 9.59 Å². The minimum absolute atomic E-state index is 0.0242. The Balaban J connectivity index is 0.000000320. The lowest BCUT2D eigenvalue weighted by molar-refractivity contribution is -0.318. The number of ether oxygens (including phenoxy) is 10. The van der Waals surface area contributed by atoms with Gasteiger partial charge in [-0.25, -0.2) is 0 Å². The number of carbonyl (C=O) groups excluding carboxylic acids is 1. The average molecular weight is 1190 g/mol. The van der Waals surface area contributed by atoms with Crippen LogP contribution in [0, 0.1) is 23.7 Å². The fourth-order valence-corrected chi connectivity index (χ4v) is 13.7. The van der Waals surface area contributed by atoms with E-state index in [2.05, 4.69) is 32.9 Å². The van der Waals surface area contributed by atoms with Crippen molar-refractivity contribution in [3.05, 3.63) is 106 Å². The Kier molecular flexibility index (Phi) is 19.2. The molecule has 1 saturated carbocycles. The molecule has 0 unspecified atom stereocenters.